The molecule has 2 N–H and O–H groups in total. The average Bonchev–Trinajstić information content (AvgIpc) is 2.79. The first-order valence-corrected chi connectivity index (χ1v) is 10.6. The van der Waals surface area contributed by atoms with Gasteiger partial charge in [-0.1, -0.05) is 6.07 Å². The van der Waals surface area contributed by atoms with Crippen LogP contribution in [-0.4, -0.2) is 65.7 Å². The van der Waals surface area contributed by atoms with Crippen molar-refractivity contribution in [2.45, 2.75) is 32.7 Å². The molecule has 31 heavy (non-hydrogen) atoms. The lowest BCUT2D eigenvalue weighted by atomic mass is 10.0. The van der Waals surface area contributed by atoms with Crippen molar-refractivity contribution in [1.29, 1.82) is 0 Å². The van der Waals surface area contributed by atoms with E-state index in [0.717, 1.165) is 70.3 Å². The fourth-order valence-corrected chi connectivity index (χ4v) is 3.18. The topological polar surface area (TPSA) is 90.4 Å². The van der Waals surface area contributed by atoms with E-state index in [2.05, 4.69) is 15.6 Å². The summed E-state index contributed by atoms with van der Waals surface area (Å²) in [4.78, 5) is 16.5. The normalized spacial score (nSPS) is 14.5. The standard InChI is InChI=1S/C22H35N3O5.HI/c1-4-23-22(24-10-5-11-30-16-17-8-12-29-13-9-17)25-15-18-6-7-20(27-2)19(14-18)21(26)28-3;/h6-7,14,17H,4-5,8-13,15-16H2,1-3H3,(H2,23,24,25);1H. The summed E-state index contributed by atoms with van der Waals surface area (Å²) < 4.78 is 21.2. The van der Waals surface area contributed by atoms with Gasteiger partial charge in [0.25, 0.3) is 0 Å². The number of carbonyl (C=O) groups is 1. The molecule has 0 aliphatic carbocycles. The molecule has 1 aliphatic heterocycles. The van der Waals surface area contributed by atoms with Crippen molar-refractivity contribution in [3.63, 3.8) is 0 Å². The van der Waals surface area contributed by atoms with Gasteiger partial charge in [0.05, 0.1) is 20.8 Å². The first-order chi connectivity index (χ1) is 14.7. The van der Waals surface area contributed by atoms with E-state index in [1.54, 1.807) is 12.1 Å². The number of nitrogens with one attached hydrogen (secondary N) is 2. The highest BCUT2D eigenvalue weighted by Gasteiger charge is 2.14. The quantitative estimate of drug-likeness (QED) is 0.144. The third-order valence-corrected chi connectivity index (χ3v) is 4.89. The third kappa shape index (κ3) is 10.0. The van der Waals surface area contributed by atoms with Crippen molar-refractivity contribution in [2.24, 2.45) is 10.9 Å². The fourth-order valence-electron chi connectivity index (χ4n) is 3.18. The number of rotatable bonds is 11. The van der Waals surface area contributed by atoms with Crippen LogP contribution in [0.25, 0.3) is 0 Å². The van der Waals surface area contributed by atoms with Crippen LogP contribution in [0.3, 0.4) is 0 Å². The largest absolute Gasteiger partial charge is 0.496 e. The van der Waals surface area contributed by atoms with Crippen LogP contribution >= 0.6 is 24.0 Å². The van der Waals surface area contributed by atoms with Crippen molar-refractivity contribution in [1.82, 2.24) is 10.6 Å². The molecule has 1 fully saturated rings. The Morgan fingerprint density at radius 1 is 1.23 bits per heavy atom. The highest BCUT2D eigenvalue weighted by atomic mass is 127. The lowest BCUT2D eigenvalue weighted by Gasteiger charge is -2.21. The summed E-state index contributed by atoms with van der Waals surface area (Å²) in [6, 6.07) is 5.40. The van der Waals surface area contributed by atoms with Gasteiger partial charge in [-0.05, 0) is 49.8 Å². The minimum Gasteiger partial charge on any atom is -0.496 e. The second-order valence-corrected chi connectivity index (χ2v) is 7.13. The molecule has 0 amide bonds. The van der Waals surface area contributed by atoms with Crippen LogP contribution in [0.2, 0.25) is 0 Å². The smallest absolute Gasteiger partial charge is 0.341 e. The molecule has 0 unspecified atom stereocenters. The average molecular weight is 549 g/mol. The lowest BCUT2D eigenvalue weighted by molar-refractivity contribution is 0.0203. The molecule has 2 rings (SSSR count). The fraction of sp³-hybridized carbons (Fsp3) is 0.636. The molecule has 9 heteroatoms. The highest BCUT2D eigenvalue weighted by Crippen LogP contribution is 2.21. The van der Waals surface area contributed by atoms with Crippen LogP contribution in [0.4, 0.5) is 0 Å². The van der Waals surface area contributed by atoms with Crippen molar-refractivity contribution in [3.8, 4) is 5.75 Å². The van der Waals surface area contributed by atoms with E-state index in [4.69, 9.17) is 18.9 Å². The molecule has 176 valence electrons. The molecule has 1 aromatic rings. The van der Waals surface area contributed by atoms with Crippen LogP contribution in [0.5, 0.6) is 5.75 Å². The number of benzene rings is 1. The zero-order chi connectivity index (χ0) is 21.6. The van der Waals surface area contributed by atoms with Gasteiger partial charge < -0.3 is 29.6 Å². The van der Waals surface area contributed by atoms with Gasteiger partial charge in [-0.2, -0.15) is 0 Å². The summed E-state index contributed by atoms with van der Waals surface area (Å²) in [7, 11) is 2.88. The van der Waals surface area contributed by atoms with Gasteiger partial charge in [-0.3, -0.25) is 0 Å². The summed E-state index contributed by atoms with van der Waals surface area (Å²) >= 11 is 0. The number of esters is 1. The molecule has 1 saturated heterocycles. The minimum absolute atomic E-state index is 0. The summed E-state index contributed by atoms with van der Waals surface area (Å²) in [5.41, 5.74) is 1.29. The van der Waals surface area contributed by atoms with Crippen LogP contribution in [0, 0.1) is 5.92 Å². The van der Waals surface area contributed by atoms with Gasteiger partial charge in [0.1, 0.15) is 11.3 Å². The van der Waals surface area contributed by atoms with Gasteiger partial charge in [0, 0.05) is 39.5 Å². The maximum atomic E-state index is 11.9. The van der Waals surface area contributed by atoms with E-state index >= 15 is 0 Å². The van der Waals surface area contributed by atoms with Crippen molar-refractivity contribution in [3.05, 3.63) is 29.3 Å². The van der Waals surface area contributed by atoms with E-state index in [0.29, 0.717) is 23.8 Å². The number of ether oxygens (including phenoxy) is 4. The zero-order valence-electron chi connectivity index (χ0n) is 18.8. The number of carbonyl (C=O) groups excluding carboxylic acids is 1. The van der Waals surface area contributed by atoms with Crippen LogP contribution in [0.15, 0.2) is 23.2 Å². The third-order valence-electron chi connectivity index (χ3n) is 4.89. The van der Waals surface area contributed by atoms with Crippen LogP contribution in [-0.2, 0) is 20.8 Å². The molecule has 0 atom stereocenters. The van der Waals surface area contributed by atoms with Crippen molar-refractivity contribution in [2.75, 3.05) is 53.7 Å². The SMILES string of the molecule is CCNC(=NCc1ccc(OC)c(C(=O)OC)c1)NCCCOCC1CCOCC1.I. The summed E-state index contributed by atoms with van der Waals surface area (Å²) in [6.07, 6.45) is 3.10. The highest BCUT2D eigenvalue weighted by molar-refractivity contribution is 14.0. The summed E-state index contributed by atoms with van der Waals surface area (Å²) in [5, 5.41) is 6.56. The van der Waals surface area contributed by atoms with Crippen LogP contribution < -0.4 is 15.4 Å². The van der Waals surface area contributed by atoms with Crippen molar-refractivity contribution >= 4 is 35.9 Å². The Morgan fingerprint density at radius 3 is 2.68 bits per heavy atom. The molecule has 0 bridgehead atoms. The molecule has 0 saturated carbocycles. The zero-order valence-corrected chi connectivity index (χ0v) is 21.1. The summed E-state index contributed by atoms with van der Waals surface area (Å²) in [6.45, 7) is 7.25. The van der Waals surface area contributed by atoms with E-state index in [1.807, 2.05) is 13.0 Å². The molecule has 1 heterocycles. The predicted molar refractivity (Wildman–Crippen MR) is 132 cm³/mol. The number of nitrogens with zero attached hydrogens (tertiary/aromatic N) is 1. The monoisotopic (exact) mass is 549 g/mol. The number of guanidine groups is 1. The van der Waals surface area contributed by atoms with Gasteiger partial charge in [0.15, 0.2) is 5.96 Å². The first kappa shape index (κ1) is 27.4. The molecular weight excluding hydrogens is 513 g/mol. The Kier molecular flexibility index (Phi) is 14.3. The van der Waals surface area contributed by atoms with Gasteiger partial charge in [-0.25, -0.2) is 9.79 Å². The van der Waals surface area contributed by atoms with Crippen LogP contribution in [0.1, 0.15) is 42.1 Å². The number of hydrogen-bond donors (Lipinski definition) is 2. The number of methoxy groups -OCH3 is 2. The molecule has 1 aliphatic rings. The Balaban J connectivity index is 0.00000480. The lowest BCUT2D eigenvalue weighted by Crippen LogP contribution is -2.38. The van der Waals surface area contributed by atoms with Gasteiger partial charge in [-0.15, -0.1) is 24.0 Å². The first-order valence-electron chi connectivity index (χ1n) is 10.6. The van der Waals surface area contributed by atoms with Gasteiger partial charge in [0.2, 0.25) is 0 Å². The van der Waals surface area contributed by atoms with Gasteiger partial charge >= 0.3 is 5.97 Å². The second-order valence-electron chi connectivity index (χ2n) is 7.13. The number of hydrogen-bond acceptors (Lipinski definition) is 6. The molecule has 8 nitrogen and oxygen atoms in total. The Morgan fingerprint density at radius 2 is 2.00 bits per heavy atom. The van der Waals surface area contributed by atoms with Crippen molar-refractivity contribution < 1.29 is 23.7 Å². The molecule has 0 spiro atoms. The number of halogens is 1. The molecular formula is C22H36IN3O5. The Hall–Kier alpha value is -1.59. The predicted octanol–water partition coefficient (Wildman–Crippen LogP) is 2.99. The number of aliphatic imine (C=N–C) groups is 1. The summed E-state index contributed by atoms with van der Waals surface area (Å²) in [5.74, 6) is 1.42. The van der Waals surface area contributed by atoms with E-state index in [-0.39, 0.29) is 24.0 Å². The van der Waals surface area contributed by atoms with E-state index in [1.165, 1.54) is 14.2 Å². The molecule has 0 aromatic heterocycles. The maximum Gasteiger partial charge on any atom is 0.341 e. The van der Waals surface area contributed by atoms with E-state index in [9.17, 15) is 4.79 Å². The maximum absolute atomic E-state index is 11.9. The second kappa shape index (κ2) is 16.1. The minimum atomic E-state index is -0.427. The van der Waals surface area contributed by atoms with E-state index < -0.39 is 5.97 Å². The molecule has 1 aromatic carbocycles. The molecule has 0 radical (unpaired) electrons. The Labute approximate surface area is 202 Å². The Bertz CT molecular complexity index is 681.